The number of hydrogen-bond acceptors (Lipinski definition) is 4. The summed E-state index contributed by atoms with van der Waals surface area (Å²) in [5.74, 6) is -1.20. The van der Waals surface area contributed by atoms with Crippen molar-refractivity contribution in [1.29, 1.82) is 0 Å². The third kappa shape index (κ3) is 4.03. The highest BCUT2D eigenvalue weighted by Crippen LogP contribution is 2.17. The van der Waals surface area contributed by atoms with Crippen LogP contribution in [0.4, 0.5) is 0 Å². The monoisotopic (exact) mass is 293 g/mol. The number of carbonyl (C=O) groups is 2. The first-order chi connectivity index (χ1) is 9.89. The lowest BCUT2D eigenvalue weighted by Crippen LogP contribution is -2.43. The van der Waals surface area contributed by atoms with Crippen LogP contribution >= 0.6 is 0 Å². The Hall–Kier alpha value is -1.92. The smallest absolute Gasteiger partial charge is 0.335 e. The van der Waals surface area contributed by atoms with Gasteiger partial charge in [-0.05, 0) is 30.2 Å². The molecular weight excluding hydrogens is 274 g/mol. The molecule has 1 unspecified atom stereocenters. The maximum absolute atomic E-state index is 11.9. The summed E-state index contributed by atoms with van der Waals surface area (Å²) in [6.45, 7) is 2.67. The maximum atomic E-state index is 11.9. The number of aromatic carboxylic acids is 1. The number of carboxylic acid groups (broad SMARTS) is 1. The average Bonchev–Trinajstić information content (AvgIpc) is 2.86. The van der Waals surface area contributed by atoms with Crippen molar-refractivity contribution in [1.82, 2.24) is 5.32 Å². The van der Waals surface area contributed by atoms with Crippen molar-refractivity contribution in [2.24, 2.45) is 0 Å². The van der Waals surface area contributed by atoms with E-state index < -0.39 is 11.6 Å². The molecule has 1 aliphatic rings. The van der Waals surface area contributed by atoms with Gasteiger partial charge >= 0.3 is 5.97 Å². The molecule has 0 saturated carbocycles. The van der Waals surface area contributed by atoms with Crippen LogP contribution in [-0.4, -0.2) is 47.4 Å². The van der Waals surface area contributed by atoms with E-state index in [9.17, 15) is 14.7 Å². The molecule has 0 radical (unpaired) electrons. The molecule has 1 aromatic carbocycles. The molecule has 1 amide bonds. The standard InChI is InChI=1S/C15H19NO5/c1-10-6-12(14(18)19)3-2-11(10)7-13(17)16-8-15(20)4-5-21-9-15/h2-3,6,20H,4-5,7-9H2,1H3,(H,16,17)(H,18,19). The Morgan fingerprint density at radius 2 is 2.19 bits per heavy atom. The summed E-state index contributed by atoms with van der Waals surface area (Å²) >= 11 is 0. The number of benzene rings is 1. The van der Waals surface area contributed by atoms with Gasteiger partial charge in [-0.15, -0.1) is 0 Å². The van der Waals surface area contributed by atoms with Crippen LogP contribution in [0.1, 0.15) is 27.9 Å². The molecule has 1 fully saturated rings. The van der Waals surface area contributed by atoms with Crippen LogP contribution in [0.5, 0.6) is 0 Å². The highest BCUT2D eigenvalue weighted by Gasteiger charge is 2.32. The second-order valence-corrected chi connectivity index (χ2v) is 5.43. The van der Waals surface area contributed by atoms with Crippen LogP contribution in [0.15, 0.2) is 18.2 Å². The van der Waals surface area contributed by atoms with E-state index in [0.717, 1.165) is 11.1 Å². The van der Waals surface area contributed by atoms with E-state index in [-0.39, 0.29) is 31.0 Å². The fourth-order valence-electron chi connectivity index (χ4n) is 2.26. The van der Waals surface area contributed by atoms with Gasteiger partial charge in [-0.1, -0.05) is 6.07 Å². The zero-order valence-electron chi connectivity index (χ0n) is 11.9. The highest BCUT2D eigenvalue weighted by molar-refractivity contribution is 5.88. The first-order valence-electron chi connectivity index (χ1n) is 6.79. The lowest BCUT2D eigenvalue weighted by Gasteiger charge is -2.20. The molecule has 21 heavy (non-hydrogen) atoms. The van der Waals surface area contributed by atoms with E-state index >= 15 is 0 Å². The third-order valence-corrected chi connectivity index (χ3v) is 3.64. The summed E-state index contributed by atoms with van der Waals surface area (Å²) in [4.78, 5) is 22.8. The second kappa shape index (κ2) is 6.24. The van der Waals surface area contributed by atoms with Crippen molar-refractivity contribution in [3.8, 4) is 0 Å². The molecule has 1 saturated heterocycles. The number of carboxylic acids is 1. The molecule has 6 heteroatoms. The number of hydrogen-bond donors (Lipinski definition) is 3. The average molecular weight is 293 g/mol. The number of carbonyl (C=O) groups excluding carboxylic acids is 1. The molecule has 3 N–H and O–H groups in total. The summed E-state index contributed by atoms with van der Waals surface area (Å²) in [5.41, 5.74) is 0.756. The molecule has 0 aliphatic carbocycles. The molecule has 6 nitrogen and oxygen atoms in total. The lowest BCUT2D eigenvalue weighted by atomic mass is 10.0. The van der Waals surface area contributed by atoms with Gasteiger partial charge in [0.1, 0.15) is 5.60 Å². The zero-order valence-corrected chi connectivity index (χ0v) is 11.9. The minimum Gasteiger partial charge on any atom is -0.478 e. The van der Waals surface area contributed by atoms with Gasteiger partial charge in [0.15, 0.2) is 0 Å². The molecule has 0 bridgehead atoms. The third-order valence-electron chi connectivity index (χ3n) is 3.64. The summed E-state index contributed by atoms with van der Waals surface area (Å²) < 4.78 is 5.11. The summed E-state index contributed by atoms with van der Waals surface area (Å²) in [7, 11) is 0. The van der Waals surface area contributed by atoms with Crippen LogP contribution in [0, 0.1) is 6.92 Å². The van der Waals surface area contributed by atoms with Gasteiger partial charge in [-0.3, -0.25) is 4.79 Å². The molecule has 114 valence electrons. The lowest BCUT2D eigenvalue weighted by molar-refractivity contribution is -0.121. The van der Waals surface area contributed by atoms with Gasteiger partial charge in [0.25, 0.3) is 0 Å². The van der Waals surface area contributed by atoms with Crippen LogP contribution in [0.2, 0.25) is 0 Å². The molecule has 1 aromatic rings. The van der Waals surface area contributed by atoms with E-state index in [2.05, 4.69) is 5.32 Å². The van der Waals surface area contributed by atoms with E-state index in [0.29, 0.717) is 13.0 Å². The van der Waals surface area contributed by atoms with E-state index in [1.807, 2.05) is 0 Å². The van der Waals surface area contributed by atoms with Gasteiger partial charge in [0, 0.05) is 19.6 Å². The number of nitrogens with one attached hydrogen (secondary N) is 1. The normalized spacial score (nSPS) is 21.2. The Bertz CT molecular complexity index is 549. The Kier molecular flexibility index (Phi) is 4.59. The van der Waals surface area contributed by atoms with Gasteiger partial charge in [0.05, 0.1) is 18.6 Å². The van der Waals surface area contributed by atoms with Crippen LogP contribution in [-0.2, 0) is 16.0 Å². The number of amides is 1. The number of aliphatic hydroxyl groups is 1. The number of rotatable bonds is 5. The van der Waals surface area contributed by atoms with Crippen molar-refractivity contribution >= 4 is 11.9 Å². The molecule has 0 aromatic heterocycles. The molecule has 2 rings (SSSR count). The second-order valence-electron chi connectivity index (χ2n) is 5.43. The SMILES string of the molecule is Cc1cc(C(=O)O)ccc1CC(=O)NCC1(O)CCOC1. The fraction of sp³-hybridized carbons (Fsp3) is 0.467. The van der Waals surface area contributed by atoms with E-state index in [4.69, 9.17) is 9.84 Å². The topological polar surface area (TPSA) is 95.9 Å². The molecule has 1 atom stereocenters. The highest BCUT2D eigenvalue weighted by atomic mass is 16.5. The van der Waals surface area contributed by atoms with Crippen molar-refractivity contribution in [2.75, 3.05) is 19.8 Å². The minimum atomic E-state index is -0.988. The Morgan fingerprint density at radius 3 is 2.76 bits per heavy atom. The van der Waals surface area contributed by atoms with Crippen LogP contribution < -0.4 is 5.32 Å². The van der Waals surface area contributed by atoms with Crippen LogP contribution in [0.3, 0.4) is 0 Å². The quantitative estimate of drug-likeness (QED) is 0.735. The largest absolute Gasteiger partial charge is 0.478 e. The van der Waals surface area contributed by atoms with Gasteiger partial charge < -0.3 is 20.3 Å². The van der Waals surface area contributed by atoms with E-state index in [1.54, 1.807) is 19.1 Å². The van der Waals surface area contributed by atoms with Crippen molar-refractivity contribution < 1.29 is 24.5 Å². The van der Waals surface area contributed by atoms with Crippen molar-refractivity contribution in [3.63, 3.8) is 0 Å². The molecule has 1 aliphatic heterocycles. The summed E-state index contributed by atoms with van der Waals surface area (Å²) in [6, 6.07) is 4.67. The molecule has 1 heterocycles. The van der Waals surface area contributed by atoms with Gasteiger partial charge in [0.2, 0.25) is 5.91 Å². The zero-order chi connectivity index (χ0) is 15.5. The predicted octanol–water partition coefficient (Wildman–Crippen LogP) is 0.503. The first-order valence-corrected chi connectivity index (χ1v) is 6.79. The van der Waals surface area contributed by atoms with Crippen molar-refractivity contribution in [2.45, 2.75) is 25.4 Å². The number of aryl methyl sites for hydroxylation is 1. The summed E-state index contributed by atoms with van der Waals surface area (Å²) in [6.07, 6.45) is 0.669. The fourth-order valence-corrected chi connectivity index (χ4v) is 2.26. The van der Waals surface area contributed by atoms with Crippen LogP contribution in [0.25, 0.3) is 0 Å². The van der Waals surface area contributed by atoms with Gasteiger partial charge in [-0.2, -0.15) is 0 Å². The predicted molar refractivity (Wildman–Crippen MR) is 75.2 cm³/mol. The number of ether oxygens (including phenoxy) is 1. The maximum Gasteiger partial charge on any atom is 0.335 e. The first kappa shape index (κ1) is 15.5. The van der Waals surface area contributed by atoms with Crippen molar-refractivity contribution in [3.05, 3.63) is 34.9 Å². The Morgan fingerprint density at radius 1 is 1.43 bits per heavy atom. The van der Waals surface area contributed by atoms with Gasteiger partial charge in [-0.25, -0.2) is 4.79 Å². The minimum absolute atomic E-state index is 0.155. The van der Waals surface area contributed by atoms with E-state index in [1.165, 1.54) is 6.07 Å². The molecular formula is C15H19NO5. The molecule has 0 spiro atoms. The Labute approximate surface area is 122 Å². The summed E-state index contributed by atoms with van der Waals surface area (Å²) in [5, 5.41) is 21.6. The Balaban J connectivity index is 1.92.